The summed E-state index contributed by atoms with van der Waals surface area (Å²) in [4.78, 5) is 25.4. The van der Waals surface area contributed by atoms with Crippen molar-refractivity contribution in [3.05, 3.63) is 0 Å². The second kappa shape index (κ2) is 12.8. The molecular weight excluding hydrogens is 388 g/mol. The van der Waals surface area contributed by atoms with E-state index in [1.807, 2.05) is 0 Å². The highest BCUT2D eigenvalue weighted by Crippen LogP contribution is 2.35. The van der Waals surface area contributed by atoms with Crippen LogP contribution < -0.4 is 0 Å². The van der Waals surface area contributed by atoms with Crippen LogP contribution in [0.4, 0.5) is 0 Å². The minimum Gasteiger partial charge on any atom is -0.465 e. The molecule has 0 aromatic heterocycles. The molecule has 0 N–H and O–H groups in total. The molecule has 2 rings (SSSR count). The molecule has 0 spiro atoms. The largest absolute Gasteiger partial charge is 0.465 e. The Morgan fingerprint density at radius 2 is 1.10 bits per heavy atom. The Kier molecular flexibility index (Phi) is 10.9. The van der Waals surface area contributed by atoms with E-state index in [0.29, 0.717) is 48.7 Å². The normalized spacial score (nSPS) is 33.4. The van der Waals surface area contributed by atoms with E-state index >= 15 is 0 Å². The first kappa shape index (κ1) is 26.2. The quantitative estimate of drug-likeness (QED) is 0.359. The van der Waals surface area contributed by atoms with Gasteiger partial charge in [-0.1, -0.05) is 67.2 Å². The second-order valence-electron chi connectivity index (χ2n) is 11.0. The number of hydrogen-bond acceptors (Lipinski definition) is 4. The van der Waals surface area contributed by atoms with E-state index < -0.39 is 0 Å². The molecular formula is C27H48O4. The van der Waals surface area contributed by atoms with Crippen molar-refractivity contribution in [1.29, 1.82) is 0 Å². The van der Waals surface area contributed by atoms with Crippen LogP contribution in [0, 0.1) is 47.3 Å². The summed E-state index contributed by atoms with van der Waals surface area (Å²) >= 11 is 0. The third-order valence-electron chi connectivity index (χ3n) is 8.27. The monoisotopic (exact) mass is 436 g/mol. The Balaban J connectivity index is 1.78. The van der Waals surface area contributed by atoms with E-state index in [-0.39, 0.29) is 23.8 Å². The Morgan fingerprint density at radius 1 is 0.710 bits per heavy atom. The highest BCUT2D eigenvalue weighted by Gasteiger charge is 2.34. The maximum absolute atomic E-state index is 12.7. The van der Waals surface area contributed by atoms with Gasteiger partial charge in [-0.05, 0) is 67.6 Å². The van der Waals surface area contributed by atoms with Gasteiger partial charge in [0.05, 0.1) is 25.0 Å². The predicted molar refractivity (Wildman–Crippen MR) is 125 cm³/mol. The van der Waals surface area contributed by atoms with Crippen LogP contribution in [0.1, 0.15) is 99.3 Å². The summed E-state index contributed by atoms with van der Waals surface area (Å²) in [6.07, 6.45) is 9.51. The Morgan fingerprint density at radius 3 is 1.45 bits per heavy atom. The molecule has 8 unspecified atom stereocenters. The molecule has 0 radical (unpaired) electrons. The lowest BCUT2D eigenvalue weighted by molar-refractivity contribution is -0.154. The predicted octanol–water partition coefficient (Wildman–Crippen LogP) is 6.66. The fraction of sp³-hybridized carbons (Fsp3) is 0.926. The maximum atomic E-state index is 12.7. The van der Waals surface area contributed by atoms with Gasteiger partial charge in [0, 0.05) is 0 Å². The molecule has 0 amide bonds. The number of carbonyl (C=O) groups is 2. The first-order valence-electron chi connectivity index (χ1n) is 13.1. The molecule has 0 aromatic carbocycles. The average molecular weight is 437 g/mol. The van der Waals surface area contributed by atoms with Crippen LogP contribution in [-0.2, 0) is 19.1 Å². The lowest BCUT2D eigenvalue weighted by Crippen LogP contribution is -2.32. The average Bonchev–Trinajstić information content (AvgIpc) is 2.76. The van der Waals surface area contributed by atoms with Crippen LogP contribution in [-0.4, -0.2) is 25.2 Å². The number of hydrogen-bond donors (Lipinski definition) is 0. The van der Waals surface area contributed by atoms with Crippen molar-refractivity contribution >= 4 is 11.9 Å². The summed E-state index contributed by atoms with van der Waals surface area (Å²) < 4.78 is 11.6. The molecule has 8 atom stereocenters. The molecule has 0 saturated heterocycles. The standard InChI is InChI=1S/C27H48O4/c1-7-22(16-30-26(28)24-13-18(3)9-11-20(24)5)15-23(8-2)17-31-27(29)25-14-19(4)10-12-21(25)6/h18-25H,7-17H2,1-6H3. The lowest BCUT2D eigenvalue weighted by atomic mass is 9.75. The van der Waals surface area contributed by atoms with Crippen molar-refractivity contribution < 1.29 is 19.1 Å². The Labute approximate surface area is 191 Å². The van der Waals surface area contributed by atoms with E-state index in [2.05, 4.69) is 41.5 Å². The molecule has 2 aliphatic rings. The van der Waals surface area contributed by atoms with E-state index in [0.717, 1.165) is 44.9 Å². The minimum absolute atomic E-state index is 0.00242. The van der Waals surface area contributed by atoms with Gasteiger partial charge in [0.1, 0.15) is 0 Å². The van der Waals surface area contributed by atoms with Crippen molar-refractivity contribution in [3.63, 3.8) is 0 Å². The van der Waals surface area contributed by atoms with Crippen molar-refractivity contribution in [1.82, 2.24) is 0 Å². The maximum Gasteiger partial charge on any atom is 0.309 e. The Hall–Kier alpha value is -1.06. The van der Waals surface area contributed by atoms with E-state index in [9.17, 15) is 9.59 Å². The fourth-order valence-corrected chi connectivity index (χ4v) is 5.51. The molecule has 4 nitrogen and oxygen atoms in total. The molecule has 0 aromatic rings. The van der Waals surface area contributed by atoms with Gasteiger partial charge in [0.25, 0.3) is 0 Å². The molecule has 4 heteroatoms. The zero-order valence-corrected chi connectivity index (χ0v) is 21.0. The molecule has 0 heterocycles. The van der Waals surface area contributed by atoms with Gasteiger partial charge in [0.2, 0.25) is 0 Å². The van der Waals surface area contributed by atoms with Crippen LogP contribution in [0.3, 0.4) is 0 Å². The van der Waals surface area contributed by atoms with Crippen LogP contribution in [0.5, 0.6) is 0 Å². The van der Waals surface area contributed by atoms with Crippen molar-refractivity contribution in [2.75, 3.05) is 13.2 Å². The summed E-state index contributed by atoms with van der Waals surface area (Å²) in [6, 6.07) is 0. The van der Waals surface area contributed by atoms with Gasteiger partial charge in [-0.25, -0.2) is 0 Å². The van der Waals surface area contributed by atoms with Crippen LogP contribution in [0.2, 0.25) is 0 Å². The third-order valence-corrected chi connectivity index (χ3v) is 8.27. The summed E-state index contributed by atoms with van der Waals surface area (Å²) in [6.45, 7) is 14.2. The van der Waals surface area contributed by atoms with Gasteiger partial charge in [0.15, 0.2) is 0 Å². The number of rotatable bonds is 10. The van der Waals surface area contributed by atoms with Crippen molar-refractivity contribution in [2.24, 2.45) is 47.3 Å². The molecule has 180 valence electrons. The molecule has 0 aliphatic heterocycles. The number of esters is 2. The summed E-state index contributed by atoms with van der Waals surface area (Å²) in [5.41, 5.74) is 0. The number of ether oxygens (including phenoxy) is 2. The minimum atomic E-state index is -0.00242. The fourth-order valence-electron chi connectivity index (χ4n) is 5.51. The summed E-state index contributed by atoms with van der Waals surface area (Å²) in [5, 5.41) is 0. The smallest absolute Gasteiger partial charge is 0.309 e. The second-order valence-corrected chi connectivity index (χ2v) is 11.0. The lowest BCUT2D eigenvalue weighted by Gasteiger charge is -2.32. The van der Waals surface area contributed by atoms with Gasteiger partial charge in [-0.15, -0.1) is 0 Å². The Bertz CT molecular complexity index is 511. The molecule has 31 heavy (non-hydrogen) atoms. The van der Waals surface area contributed by atoms with Gasteiger partial charge in [-0.3, -0.25) is 9.59 Å². The zero-order chi connectivity index (χ0) is 23.0. The number of carbonyl (C=O) groups excluding carboxylic acids is 2. The zero-order valence-electron chi connectivity index (χ0n) is 21.0. The van der Waals surface area contributed by atoms with Crippen LogP contribution >= 0.6 is 0 Å². The highest BCUT2D eigenvalue weighted by atomic mass is 16.5. The molecule has 2 saturated carbocycles. The summed E-state index contributed by atoms with van der Waals surface area (Å²) in [7, 11) is 0. The van der Waals surface area contributed by atoms with Crippen LogP contribution in [0.15, 0.2) is 0 Å². The van der Waals surface area contributed by atoms with Gasteiger partial charge < -0.3 is 9.47 Å². The first-order valence-corrected chi connectivity index (χ1v) is 13.1. The molecule has 0 bridgehead atoms. The van der Waals surface area contributed by atoms with E-state index in [1.165, 1.54) is 12.8 Å². The van der Waals surface area contributed by atoms with Crippen LogP contribution in [0.25, 0.3) is 0 Å². The first-order chi connectivity index (χ1) is 14.7. The van der Waals surface area contributed by atoms with Crippen molar-refractivity contribution in [3.8, 4) is 0 Å². The van der Waals surface area contributed by atoms with Crippen molar-refractivity contribution in [2.45, 2.75) is 99.3 Å². The van der Waals surface area contributed by atoms with E-state index in [4.69, 9.17) is 9.47 Å². The van der Waals surface area contributed by atoms with Gasteiger partial charge >= 0.3 is 11.9 Å². The highest BCUT2D eigenvalue weighted by molar-refractivity contribution is 5.73. The summed E-state index contributed by atoms with van der Waals surface area (Å²) in [5.74, 6) is 2.86. The third kappa shape index (κ3) is 8.09. The van der Waals surface area contributed by atoms with Gasteiger partial charge in [-0.2, -0.15) is 0 Å². The van der Waals surface area contributed by atoms with E-state index in [1.54, 1.807) is 0 Å². The molecule has 2 aliphatic carbocycles. The molecule has 2 fully saturated rings. The SMILES string of the molecule is CCC(COC(=O)C1CC(C)CCC1C)CC(CC)COC(=O)C1CC(C)CCC1C. The topological polar surface area (TPSA) is 52.6 Å².